The van der Waals surface area contributed by atoms with Crippen molar-refractivity contribution in [3.05, 3.63) is 52.4 Å². The lowest BCUT2D eigenvalue weighted by Gasteiger charge is -2.09. The van der Waals surface area contributed by atoms with Crippen molar-refractivity contribution in [2.24, 2.45) is 0 Å². The molecule has 0 saturated heterocycles. The van der Waals surface area contributed by atoms with Gasteiger partial charge in [0, 0.05) is 8.45 Å². The Hall–Kier alpha value is -0.700. The molecule has 0 aliphatic heterocycles. The summed E-state index contributed by atoms with van der Waals surface area (Å²) in [6, 6.07) is 5.53. The second kappa shape index (κ2) is 5.49. The van der Waals surface area contributed by atoms with E-state index >= 15 is 0 Å². The SMILES string of the molecule is Cc1sc2[nH]c(=S)n(-c3ccc(I)cc3Cl)c(=O)c2c1C. The number of rotatable bonds is 1. The van der Waals surface area contributed by atoms with E-state index in [4.69, 9.17) is 23.8 Å². The normalized spacial score (nSPS) is 11.2. The van der Waals surface area contributed by atoms with Crippen molar-refractivity contribution in [2.75, 3.05) is 0 Å². The maximum atomic E-state index is 12.8. The fourth-order valence-electron chi connectivity index (χ4n) is 2.21. The molecule has 0 aliphatic carbocycles. The Morgan fingerprint density at radius 1 is 1.38 bits per heavy atom. The fraction of sp³-hybridized carbons (Fsp3) is 0.143. The van der Waals surface area contributed by atoms with Crippen LogP contribution in [0.4, 0.5) is 0 Å². The summed E-state index contributed by atoms with van der Waals surface area (Å²) >= 11 is 15.4. The van der Waals surface area contributed by atoms with Gasteiger partial charge in [0.2, 0.25) is 0 Å². The first-order valence-corrected chi connectivity index (χ1v) is 8.78. The first kappa shape index (κ1) is 15.2. The molecule has 1 aromatic carbocycles. The van der Waals surface area contributed by atoms with Crippen molar-refractivity contribution in [2.45, 2.75) is 13.8 Å². The summed E-state index contributed by atoms with van der Waals surface area (Å²) in [6.07, 6.45) is 0. The summed E-state index contributed by atoms with van der Waals surface area (Å²) in [5.41, 5.74) is 1.47. The standard InChI is InChI=1S/C14H10ClIN2OS2/c1-6-7(2)21-12-11(6)13(19)18(14(20)17-12)10-4-3-8(16)5-9(10)15/h3-5H,1-2H3,(H,17,20). The highest BCUT2D eigenvalue weighted by Crippen LogP contribution is 2.28. The van der Waals surface area contributed by atoms with Gasteiger partial charge >= 0.3 is 0 Å². The summed E-state index contributed by atoms with van der Waals surface area (Å²) in [5, 5.41) is 1.19. The fourth-order valence-corrected chi connectivity index (χ4v) is 4.55. The van der Waals surface area contributed by atoms with Crippen molar-refractivity contribution >= 4 is 68.0 Å². The maximum Gasteiger partial charge on any atom is 0.267 e. The molecule has 0 aliphatic rings. The van der Waals surface area contributed by atoms with Crippen LogP contribution in [0.25, 0.3) is 15.9 Å². The summed E-state index contributed by atoms with van der Waals surface area (Å²) in [7, 11) is 0. The Morgan fingerprint density at radius 2 is 2.10 bits per heavy atom. The van der Waals surface area contributed by atoms with E-state index in [1.807, 2.05) is 32.0 Å². The van der Waals surface area contributed by atoms with Crippen LogP contribution in [0.15, 0.2) is 23.0 Å². The van der Waals surface area contributed by atoms with Crippen molar-refractivity contribution in [3.8, 4) is 5.69 Å². The molecule has 3 nitrogen and oxygen atoms in total. The first-order valence-electron chi connectivity index (χ1n) is 6.10. The molecule has 0 unspecified atom stereocenters. The van der Waals surface area contributed by atoms with Gasteiger partial charge in [-0.2, -0.15) is 0 Å². The average molecular weight is 449 g/mol. The van der Waals surface area contributed by atoms with Crippen molar-refractivity contribution in [1.29, 1.82) is 0 Å². The number of H-pyrrole nitrogens is 1. The van der Waals surface area contributed by atoms with Gasteiger partial charge in [-0.1, -0.05) is 11.6 Å². The van der Waals surface area contributed by atoms with Crippen LogP contribution in [0.5, 0.6) is 0 Å². The maximum absolute atomic E-state index is 12.8. The molecule has 0 amide bonds. The molecule has 3 rings (SSSR count). The third-order valence-electron chi connectivity index (χ3n) is 3.38. The second-order valence-electron chi connectivity index (χ2n) is 4.65. The molecule has 7 heteroatoms. The van der Waals surface area contributed by atoms with E-state index in [0.717, 1.165) is 18.8 Å². The highest BCUT2D eigenvalue weighted by molar-refractivity contribution is 14.1. The number of hydrogen-bond acceptors (Lipinski definition) is 3. The Labute approximate surface area is 148 Å². The summed E-state index contributed by atoms with van der Waals surface area (Å²) in [4.78, 5) is 17.9. The summed E-state index contributed by atoms with van der Waals surface area (Å²) in [6.45, 7) is 3.95. The minimum Gasteiger partial charge on any atom is -0.323 e. The quantitative estimate of drug-likeness (QED) is 0.421. The number of benzene rings is 1. The Balaban J connectivity index is 2.46. The van der Waals surface area contributed by atoms with Crippen LogP contribution in [0.1, 0.15) is 10.4 Å². The van der Waals surface area contributed by atoms with E-state index in [2.05, 4.69) is 27.6 Å². The topological polar surface area (TPSA) is 37.8 Å². The molecule has 0 fully saturated rings. The van der Waals surface area contributed by atoms with Crippen LogP contribution in [0.3, 0.4) is 0 Å². The lowest BCUT2D eigenvalue weighted by atomic mass is 10.2. The van der Waals surface area contributed by atoms with E-state index in [9.17, 15) is 4.79 Å². The molecule has 3 aromatic rings. The van der Waals surface area contributed by atoms with Crippen LogP contribution in [-0.4, -0.2) is 9.55 Å². The highest BCUT2D eigenvalue weighted by atomic mass is 127. The van der Waals surface area contributed by atoms with Gasteiger partial charge in [-0.05, 0) is 72.4 Å². The van der Waals surface area contributed by atoms with Crippen LogP contribution in [0.2, 0.25) is 5.02 Å². The van der Waals surface area contributed by atoms with Gasteiger partial charge in [0.1, 0.15) is 4.83 Å². The minimum atomic E-state index is -0.126. The molecule has 21 heavy (non-hydrogen) atoms. The average Bonchev–Trinajstić information content (AvgIpc) is 2.67. The molecule has 0 radical (unpaired) electrons. The molecule has 2 aromatic heterocycles. The van der Waals surface area contributed by atoms with E-state index in [-0.39, 0.29) is 5.56 Å². The number of aryl methyl sites for hydroxylation is 2. The van der Waals surface area contributed by atoms with Crippen LogP contribution in [-0.2, 0) is 0 Å². The first-order chi connectivity index (χ1) is 9.90. The van der Waals surface area contributed by atoms with Crippen molar-refractivity contribution in [1.82, 2.24) is 9.55 Å². The lowest BCUT2D eigenvalue weighted by Crippen LogP contribution is -2.20. The van der Waals surface area contributed by atoms with Gasteiger partial charge in [0.25, 0.3) is 5.56 Å². The van der Waals surface area contributed by atoms with E-state index < -0.39 is 0 Å². The van der Waals surface area contributed by atoms with Gasteiger partial charge in [0.15, 0.2) is 4.77 Å². The lowest BCUT2D eigenvalue weighted by molar-refractivity contribution is 0.942. The van der Waals surface area contributed by atoms with Gasteiger partial charge in [-0.25, -0.2) is 0 Å². The minimum absolute atomic E-state index is 0.126. The molecule has 0 saturated carbocycles. The number of thiophene rings is 1. The monoisotopic (exact) mass is 448 g/mol. The second-order valence-corrected chi connectivity index (χ2v) is 7.92. The number of aromatic amines is 1. The van der Waals surface area contributed by atoms with E-state index in [1.54, 1.807) is 11.3 Å². The van der Waals surface area contributed by atoms with E-state index in [0.29, 0.717) is 20.9 Å². The Kier molecular flexibility index (Phi) is 3.98. The van der Waals surface area contributed by atoms with Crippen molar-refractivity contribution < 1.29 is 0 Å². The molecule has 0 bridgehead atoms. The molecule has 1 N–H and O–H groups in total. The zero-order chi connectivity index (χ0) is 15.3. The molecule has 2 heterocycles. The van der Waals surface area contributed by atoms with Gasteiger partial charge in [-0.3, -0.25) is 9.36 Å². The largest absolute Gasteiger partial charge is 0.323 e. The van der Waals surface area contributed by atoms with Crippen LogP contribution in [0, 0.1) is 22.2 Å². The van der Waals surface area contributed by atoms with Gasteiger partial charge in [0.05, 0.1) is 16.1 Å². The molecular weight excluding hydrogens is 439 g/mol. The Bertz CT molecular complexity index is 987. The summed E-state index contributed by atoms with van der Waals surface area (Å²) < 4.78 is 2.83. The van der Waals surface area contributed by atoms with Gasteiger partial charge < -0.3 is 4.98 Å². The summed E-state index contributed by atoms with van der Waals surface area (Å²) in [5.74, 6) is 0. The predicted octanol–water partition coefficient (Wildman–Crippen LogP) is 4.98. The third-order valence-corrected chi connectivity index (χ3v) is 5.76. The van der Waals surface area contributed by atoms with Crippen LogP contribution < -0.4 is 5.56 Å². The number of halogens is 2. The Morgan fingerprint density at radius 3 is 2.76 bits per heavy atom. The number of hydrogen-bond donors (Lipinski definition) is 1. The molecule has 0 atom stereocenters. The smallest absolute Gasteiger partial charge is 0.267 e. The highest BCUT2D eigenvalue weighted by Gasteiger charge is 2.15. The third kappa shape index (κ3) is 2.48. The zero-order valence-corrected chi connectivity index (χ0v) is 15.7. The number of nitrogens with one attached hydrogen (secondary N) is 1. The zero-order valence-electron chi connectivity index (χ0n) is 11.2. The van der Waals surface area contributed by atoms with Crippen molar-refractivity contribution in [3.63, 3.8) is 0 Å². The van der Waals surface area contributed by atoms with Crippen LogP contribution >= 0.6 is 57.7 Å². The number of aromatic nitrogens is 2. The van der Waals surface area contributed by atoms with E-state index in [1.165, 1.54) is 4.57 Å². The number of nitrogens with zero attached hydrogens (tertiary/aromatic N) is 1. The number of fused-ring (bicyclic) bond motifs is 1. The molecule has 0 spiro atoms. The molecule has 108 valence electrons. The molecular formula is C14H10ClIN2OS2. The van der Waals surface area contributed by atoms with Gasteiger partial charge in [-0.15, -0.1) is 11.3 Å². The predicted molar refractivity (Wildman–Crippen MR) is 99.8 cm³/mol.